The molecule has 1 amide bonds. The van der Waals surface area contributed by atoms with Crippen molar-refractivity contribution in [1.29, 1.82) is 0 Å². The van der Waals surface area contributed by atoms with Crippen molar-refractivity contribution in [1.82, 2.24) is 20.2 Å². The molecule has 168 valence electrons. The summed E-state index contributed by atoms with van der Waals surface area (Å²) in [6.45, 7) is 2.47. The molecule has 3 aromatic rings. The molecule has 1 unspecified atom stereocenters. The molecule has 0 bridgehead atoms. The quantitative estimate of drug-likeness (QED) is 0.600. The normalized spacial score (nSPS) is 18.2. The number of carbonyl (C=O) groups excluding carboxylic acids is 2. The first-order valence-electron chi connectivity index (χ1n) is 10.7. The third-order valence-corrected chi connectivity index (χ3v) is 6.27. The number of hydrogen-bond donors (Lipinski definition) is 2. The van der Waals surface area contributed by atoms with E-state index in [0.717, 1.165) is 0 Å². The van der Waals surface area contributed by atoms with Crippen molar-refractivity contribution in [3.63, 3.8) is 0 Å². The number of H-pyrrole nitrogens is 1. The van der Waals surface area contributed by atoms with Crippen molar-refractivity contribution >= 4 is 17.3 Å². The van der Waals surface area contributed by atoms with E-state index in [1.807, 2.05) is 11.8 Å². The Labute approximate surface area is 189 Å². The third kappa shape index (κ3) is 4.04. The van der Waals surface area contributed by atoms with E-state index in [-0.39, 0.29) is 5.78 Å². The molecule has 1 aromatic heterocycles. The van der Waals surface area contributed by atoms with Gasteiger partial charge in [-0.2, -0.15) is 0 Å². The maximum absolute atomic E-state index is 14.8. The summed E-state index contributed by atoms with van der Waals surface area (Å²) < 4.78 is 28.6. The summed E-state index contributed by atoms with van der Waals surface area (Å²) in [5.74, 6) is -0.956. The van der Waals surface area contributed by atoms with Crippen LogP contribution in [0.25, 0.3) is 5.57 Å². The van der Waals surface area contributed by atoms with Crippen molar-refractivity contribution in [2.24, 2.45) is 5.92 Å². The first-order chi connectivity index (χ1) is 15.9. The number of allylic oxidation sites excluding steroid dienone is 1. The topological polar surface area (TPSA) is 78.1 Å². The number of aromatic nitrogens is 2. The SMILES string of the molecule is CC1=C(C(=O)N[C@H](c2cccc(F)c2)C2CC2=O)c2cccc(F)c2CN1Cc1ncc[nH]1. The summed E-state index contributed by atoms with van der Waals surface area (Å²) in [6.07, 6.45) is 3.67. The highest BCUT2D eigenvalue weighted by Gasteiger charge is 2.44. The Balaban J connectivity index is 1.52. The molecule has 0 saturated heterocycles. The highest BCUT2D eigenvalue weighted by Crippen LogP contribution is 2.39. The molecule has 2 aromatic carbocycles. The molecule has 1 fully saturated rings. The van der Waals surface area contributed by atoms with Gasteiger partial charge in [-0.15, -0.1) is 0 Å². The molecule has 8 heteroatoms. The molecule has 1 aliphatic heterocycles. The van der Waals surface area contributed by atoms with Crippen LogP contribution in [0.5, 0.6) is 0 Å². The number of nitrogens with zero attached hydrogens (tertiary/aromatic N) is 2. The van der Waals surface area contributed by atoms with Gasteiger partial charge in [0.05, 0.1) is 18.2 Å². The van der Waals surface area contributed by atoms with Crippen molar-refractivity contribution in [2.75, 3.05) is 0 Å². The van der Waals surface area contributed by atoms with Crippen molar-refractivity contribution in [2.45, 2.75) is 32.5 Å². The maximum atomic E-state index is 14.8. The van der Waals surface area contributed by atoms with E-state index < -0.39 is 29.5 Å². The zero-order valence-corrected chi connectivity index (χ0v) is 17.9. The lowest BCUT2D eigenvalue weighted by Gasteiger charge is -2.33. The number of rotatable bonds is 6. The van der Waals surface area contributed by atoms with Gasteiger partial charge in [-0.1, -0.05) is 24.3 Å². The van der Waals surface area contributed by atoms with Crippen LogP contribution in [0.3, 0.4) is 0 Å². The van der Waals surface area contributed by atoms with E-state index in [0.29, 0.717) is 53.3 Å². The second kappa shape index (κ2) is 8.27. The molecule has 33 heavy (non-hydrogen) atoms. The Morgan fingerprint density at radius 3 is 2.76 bits per heavy atom. The lowest BCUT2D eigenvalue weighted by Crippen LogP contribution is -2.36. The van der Waals surface area contributed by atoms with Crippen LogP contribution in [0, 0.1) is 17.6 Å². The van der Waals surface area contributed by atoms with Crippen LogP contribution >= 0.6 is 0 Å². The second-order valence-electron chi connectivity index (χ2n) is 8.40. The highest BCUT2D eigenvalue weighted by molar-refractivity contribution is 6.21. The van der Waals surface area contributed by atoms with Crippen molar-refractivity contribution in [3.8, 4) is 0 Å². The van der Waals surface area contributed by atoms with Gasteiger partial charge in [0.15, 0.2) is 0 Å². The van der Waals surface area contributed by atoms with Crippen molar-refractivity contribution < 1.29 is 18.4 Å². The van der Waals surface area contributed by atoms with Crippen molar-refractivity contribution in [3.05, 3.63) is 94.7 Å². The number of amides is 1. The highest BCUT2D eigenvalue weighted by atomic mass is 19.1. The minimum Gasteiger partial charge on any atom is -0.362 e. The Morgan fingerprint density at radius 1 is 1.27 bits per heavy atom. The van der Waals surface area contributed by atoms with E-state index in [4.69, 9.17) is 0 Å². The molecule has 2 aliphatic rings. The number of carbonyl (C=O) groups is 2. The van der Waals surface area contributed by atoms with Crippen LogP contribution in [0.1, 0.15) is 41.9 Å². The molecule has 0 radical (unpaired) electrons. The van der Waals surface area contributed by atoms with E-state index in [2.05, 4.69) is 15.3 Å². The molecule has 6 nitrogen and oxygen atoms in total. The summed E-state index contributed by atoms with van der Waals surface area (Å²) in [7, 11) is 0. The van der Waals surface area contributed by atoms with Gasteiger partial charge >= 0.3 is 0 Å². The van der Waals surface area contributed by atoms with Gasteiger partial charge in [-0.3, -0.25) is 9.59 Å². The molecule has 2 heterocycles. The molecule has 1 aliphatic carbocycles. The van der Waals surface area contributed by atoms with E-state index in [9.17, 15) is 18.4 Å². The maximum Gasteiger partial charge on any atom is 0.254 e. The minimum atomic E-state index is -0.654. The number of halogens is 2. The van der Waals surface area contributed by atoms with Crippen LogP contribution in [0.15, 0.2) is 60.6 Å². The summed E-state index contributed by atoms with van der Waals surface area (Å²) in [5.41, 5.74) is 2.46. The number of aromatic amines is 1. The standard InChI is InChI=1S/C25H22F2N4O2/c1-14-23(25(33)30-24(18-11-21(18)32)15-4-2-5-16(26)10-15)17-6-3-7-20(27)19(17)12-31(14)13-22-28-8-9-29-22/h2-10,18,24H,11-13H2,1H3,(H,28,29)(H,30,33)/t18?,24-/m1/s1. The van der Waals surface area contributed by atoms with Crippen LogP contribution < -0.4 is 5.32 Å². The monoisotopic (exact) mass is 448 g/mol. The Bertz CT molecular complexity index is 1270. The fourth-order valence-corrected chi connectivity index (χ4v) is 4.43. The molecule has 5 rings (SSSR count). The zero-order valence-electron chi connectivity index (χ0n) is 17.9. The number of nitrogens with one attached hydrogen (secondary N) is 2. The van der Waals surface area contributed by atoms with Gasteiger partial charge in [-0.05, 0) is 36.2 Å². The summed E-state index contributed by atoms with van der Waals surface area (Å²) in [4.78, 5) is 34.7. The van der Waals surface area contributed by atoms with Crippen LogP contribution in [0.4, 0.5) is 8.78 Å². The van der Waals surface area contributed by atoms with Gasteiger partial charge in [0.25, 0.3) is 5.91 Å². The van der Waals surface area contributed by atoms with Crippen LogP contribution in [-0.4, -0.2) is 26.6 Å². The Morgan fingerprint density at radius 2 is 2.06 bits per heavy atom. The van der Waals surface area contributed by atoms with Crippen LogP contribution in [-0.2, 0) is 22.7 Å². The minimum absolute atomic E-state index is 0.0183. The van der Waals surface area contributed by atoms with E-state index >= 15 is 0 Å². The average Bonchev–Trinajstić information content (AvgIpc) is 3.27. The summed E-state index contributed by atoms with van der Waals surface area (Å²) in [5, 5.41) is 2.94. The third-order valence-electron chi connectivity index (χ3n) is 6.27. The van der Waals surface area contributed by atoms with Gasteiger partial charge in [-0.25, -0.2) is 13.8 Å². The van der Waals surface area contributed by atoms with Gasteiger partial charge in [0.1, 0.15) is 23.2 Å². The number of ketones is 1. The van der Waals surface area contributed by atoms with Gasteiger partial charge < -0.3 is 15.2 Å². The molecular weight excluding hydrogens is 426 g/mol. The molecular formula is C25H22F2N4O2. The fraction of sp³-hybridized carbons (Fsp3) is 0.240. The zero-order chi connectivity index (χ0) is 23.1. The van der Waals surface area contributed by atoms with Gasteiger partial charge in [0.2, 0.25) is 0 Å². The largest absolute Gasteiger partial charge is 0.362 e. The fourth-order valence-electron chi connectivity index (χ4n) is 4.43. The number of benzene rings is 2. The summed E-state index contributed by atoms with van der Waals surface area (Å²) in [6, 6.07) is 9.91. The number of hydrogen-bond acceptors (Lipinski definition) is 4. The smallest absolute Gasteiger partial charge is 0.254 e. The predicted octanol–water partition coefficient (Wildman–Crippen LogP) is 3.88. The Kier molecular flexibility index (Phi) is 5.28. The second-order valence-corrected chi connectivity index (χ2v) is 8.40. The number of imidazole rings is 1. The van der Waals surface area contributed by atoms with E-state index in [1.165, 1.54) is 18.2 Å². The van der Waals surface area contributed by atoms with Gasteiger partial charge in [0, 0.05) is 42.5 Å². The average molecular weight is 448 g/mol. The lowest BCUT2D eigenvalue weighted by atomic mass is 9.91. The first-order valence-corrected chi connectivity index (χ1v) is 10.7. The van der Waals surface area contributed by atoms with E-state index in [1.54, 1.807) is 36.7 Å². The molecule has 1 saturated carbocycles. The molecule has 2 N–H and O–H groups in total. The van der Waals surface area contributed by atoms with Crippen LogP contribution in [0.2, 0.25) is 0 Å². The Hall–Kier alpha value is -3.81. The molecule has 2 atom stereocenters. The lowest BCUT2D eigenvalue weighted by molar-refractivity contribution is -0.116. The molecule has 0 spiro atoms. The predicted molar refractivity (Wildman–Crippen MR) is 117 cm³/mol. The first kappa shape index (κ1) is 21.1. The number of Topliss-reactive ketones (excluding diaryl/α,β-unsaturated/α-hetero) is 1. The number of fused-ring (bicyclic) bond motifs is 1. The summed E-state index contributed by atoms with van der Waals surface area (Å²) >= 11 is 0.